The molecule has 0 radical (unpaired) electrons. The quantitative estimate of drug-likeness (QED) is 0.785. The Kier molecular flexibility index (Phi) is 3.67. The number of ether oxygens (including phenoxy) is 2. The van der Waals surface area contributed by atoms with Gasteiger partial charge in [-0.2, -0.15) is 0 Å². The number of alkyl halides is 1. The molecule has 1 aromatic carbocycles. The van der Waals surface area contributed by atoms with Gasteiger partial charge < -0.3 is 14.6 Å². The van der Waals surface area contributed by atoms with Crippen LogP contribution in [0.25, 0.3) is 0 Å². The molecule has 3 nitrogen and oxygen atoms in total. The summed E-state index contributed by atoms with van der Waals surface area (Å²) in [5, 5.41) is 10.6. The number of fused-ring (bicyclic) bond motifs is 3. The van der Waals surface area contributed by atoms with Crippen LogP contribution in [-0.4, -0.2) is 24.2 Å². The standard InChI is InChI=1S/C18H25BrO3/c1-17(2)13-8-10-15(18(13,3)7-6-14(17)19)11(21-4)9-12(22-5)16(10)20/h9,13-14,20H,6-8H2,1-5H3/t13-,14-,18-/m1/s1. The van der Waals surface area contributed by atoms with Crippen LogP contribution in [0.2, 0.25) is 0 Å². The van der Waals surface area contributed by atoms with Crippen molar-refractivity contribution < 1.29 is 14.6 Å². The second kappa shape index (κ2) is 5.05. The molecule has 3 atom stereocenters. The lowest BCUT2D eigenvalue weighted by Gasteiger charge is -2.50. The normalized spacial score (nSPS) is 32.3. The van der Waals surface area contributed by atoms with Crippen LogP contribution in [0.5, 0.6) is 17.2 Å². The van der Waals surface area contributed by atoms with Gasteiger partial charge >= 0.3 is 0 Å². The highest BCUT2D eigenvalue weighted by atomic mass is 79.9. The Hall–Kier alpha value is -0.900. The first-order valence-corrected chi connectivity index (χ1v) is 8.80. The molecule has 0 heterocycles. The van der Waals surface area contributed by atoms with Crippen molar-refractivity contribution in [1.82, 2.24) is 0 Å². The fourth-order valence-electron chi connectivity index (χ4n) is 4.82. The van der Waals surface area contributed by atoms with E-state index in [9.17, 15) is 5.11 Å². The minimum Gasteiger partial charge on any atom is -0.504 e. The van der Waals surface area contributed by atoms with Crippen LogP contribution in [0, 0.1) is 11.3 Å². The van der Waals surface area contributed by atoms with Gasteiger partial charge in [-0.3, -0.25) is 0 Å². The van der Waals surface area contributed by atoms with Gasteiger partial charge in [-0.1, -0.05) is 36.7 Å². The number of rotatable bonds is 2. The Morgan fingerprint density at radius 2 is 1.82 bits per heavy atom. The summed E-state index contributed by atoms with van der Waals surface area (Å²) < 4.78 is 11.0. The maximum absolute atomic E-state index is 10.6. The van der Waals surface area contributed by atoms with Gasteiger partial charge in [0, 0.05) is 27.4 Å². The predicted octanol–water partition coefficient (Wildman–Crippen LogP) is 4.42. The SMILES string of the molecule is COc1cc(OC)c2c(c1O)C[C@@H]1C(C)(C)[C@H](Br)CC[C@@]21C. The topological polar surface area (TPSA) is 38.7 Å². The first-order chi connectivity index (χ1) is 10.3. The predicted molar refractivity (Wildman–Crippen MR) is 91.5 cm³/mol. The highest BCUT2D eigenvalue weighted by molar-refractivity contribution is 9.09. The van der Waals surface area contributed by atoms with Gasteiger partial charge in [-0.05, 0) is 30.6 Å². The van der Waals surface area contributed by atoms with Crippen molar-refractivity contribution in [3.05, 3.63) is 17.2 Å². The number of phenolic OH excluding ortho intramolecular Hbond substituents is 1. The largest absolute Gasteiger partial charge is 0.504 e. The molecule has 0 aromatic heterocycles. The summed E-state index contributed by atoms with van der Waals surface area (Å²) >= 11 is 3.88. The van der Waals surface area contributed by atoms with Gasteiger partial charge in [0.1, 0.15) is 5.75 Å². The molecule has 0 bridgehead atoms. The maximum atomic E-state index is 10.6. The molecule has 0 saturated heterocycles. The lowest BCUT2D eigenvalue weighted by Crippen LogP contribution is -2.48. The summed E-state index contributed by atoms with van der Waals surface area (Å²) in [6.07, 6.45) is 3.11. The van der Waals surface area contributed by atoms with E-state index in [2.05, 4.69) is 36.7 Å². The van der Waals surface area contributed by atoms with Crippen molar-refractivity contribution in [3.63, 3.8) is 0 Å². The molecule has 22 heavy (non-hydrogen) atoms. The summed E-state index contributed by atoms with van der Waals surface area (Å²) in [5.74, 6) is 2.11. The number of hydrogen-bond donors (Lipinski definition) is 1. The van der Waals surface area contributed by atoms with E-state index in [0.29, 0.717) is 16.5 Å². The Balaban J connectivity index is 2.22. The van der Waals surface area contributed by atoms with Gasteiger partial charge in [0.2, 0.25) is 0 Å². The van der Waals surface area contributed by atoms with Crippen LogP contribution in [-0.2, 0) is 11.8 Å². The van der Waals surface area contributed by atoms with Crippen LogP contribution in [0.15, 0.2) is 6.07 Å². The third-order valence-corrected chi connectivity index (χ3v) is 7.78. The zero-order valence-corrected chi connectivity index (χ0v) is 15.6. The van der Waals surface area contributed by atoms with Crippen molar-refractivity contribution in [2.24, 2.45) is 11.3 Å². The van der Waals surface area contributed by atoms with E-state index in [-0.39, 0.29) is 16.6 Å². The molecule has 0 aliphatic heterocycles. The molecule has 1 saturated carbocycles. The molecular formula is C18H25BrO3. The molecule has 0 spiro atoms. The monoisotopic (exact) mass is 368 g/mol. The van der Waals surface area contributed by atoms with Gasteiger partial charge in [-0.15, -0.1) is 0 Å². The number of aromatic hydroxyl groups is 1. The molecule has 4 heteroatoms. The minimum atomic E-state index is 0.0399. The van der Waals surface area contributed by atoms with Crippen molar-refractivity contribution in [1.29, 1.82) is 0 Å². The van der Waals surface area contributed by atoms with Crippen molar-refractivity contribution in [2.45, 2.75) is 50.3 Å². The van der Waals surface area contributed by atoms with Crippen LogP contribution >= 0.6 is 15.9 Å². The lowest BCUT2D eigenvalue weighted by atomic mass is 9.56. The van der Waals surface area contributed by atoms with Crippen molar-refractivity contribution in [2.75, 3.05) is 14.2 Å². The molecule has 2 aliphatic carbocycles. The van der Waals surface area contributed by atoms with Gasteiger partial charge in [0.15, 0.2) is 11.5 Å². The molecule has 0 unspecified atom stereocenters. The number of hydrogen-bond acceptors (Lipinski definition) is 3. The first kappa shape index (κ1) is 16.0. The lowest BCUT2D eigenvalue weighted by molar-refractivity contribution is 0.0786. The van der Waals surface area contributed by atoms with E-state index in [0.717, 1.165) is 30.6 Å². The molecule has 0 amide bonds. The van der Waals surface area contributed by atoms with Gasteiger partial charge in [0.25, 0.3) is 0 Å². The third kappa shape index (κ3) is 1.92. The molecular weight excluding hydrogens is 344 g/mol. The Bertz CT molecular complexity index is 611. The van der Waals surface area contributed by atoms with E-state index in [4.69, 9.17) is 9.47 Å². The van der Waals surface area contributed by atoms with E-state index in [1.54, 1.807) is 14.2 Å². The summed E-state index contributed by atoms with van der Waals surface area (Å²) in [6, 6.07) is 1.83. The maximum Gasteiger partial charge on any atom is 0.164 e. The highest BCUT2D eigenvalue weighted by Gasteiger charge is 2.57. The smallest absolute Gasteiger partial charge is 0.164 e. The Morgan fingerprint density at radius 3 is 2.41 bits per heavy atom. The fourth-order valence-corrected chi connectivity index (χ4v) is 5.37. The van der Waals surface area contributed by atoms with E-state index in [1.807, 2.05) is 6.07 Å². The number of methoxy groups -OCH3 is 2. The van der Waals surface area contributed by atoms with E-state index < -0.39 is 0 Å². The summed E-state index contributed by atoms with van der Waals surface area (Å²) in [4.78, 5) is 0.502. The molecule has 1 N–H and O–H groups in total. The zero-order valence-electron chi connectivity index (χ0n) is 14.0. The zero-order chi connectivity index (χ0) is 16.3. The Labute approximate surface area is 141 Å². The third-order valence-electron chi connectivity index (χ3n) is 6.14. The Morgan fingerprint density at radius 1 is 1.18 bits per heavy atom. The second-order valence-corrected chi connectivity index (χ2v) is 8.59. The number of phenols is 1. The molecule has 1 fully saturated rings. The van der Waals surface area contributed by atoms with E-state index in [1.165, 1.54) is 5.56 Å². The van der Waals surface area contributed by atoms with Crippen molar-refractivity contribution >= 4 is 15.9 Å². The number of halogens is 1. The molecule has 3 rings (SSSR count). The minimum absolute atomic E-state index is 0.0399. The fraction of sp³-hybridized carbons (Fsp3) is 0.667. The molecule has 2 aliphatic rings. The van der Waals surface area contributed by atoms with E-state index >= 15 is 0 Å². The van der Waals surface area contributed by atoms with Crippen LogP contribution in [0.3, 0.4) is 0 Å². The molecule has 122 valence electrons. The second-order valence-electron chi connectivity index (χ2n) is 7.49. The average molecular weight is 369 g/mol. The first-order valence-electron chi connectivity index (χ1n) is 7.88. The van der Waals surface area contributed by atoms with Crippen LogP contribution < -0.4 is 9.47 Å². The molecule has 1 aromatic rings. The van der Waals surface area contributed by atoms with Gasteiger partial charge in [0.05, 0.1) is 14.2 Å². The van der Waals surface area contributed by atoms with Crippen LogP contribution in [0.4, 0.5) is 0 Å². The van der Waals surface area contributed by atoms with Gasteiger partial charge in [-0.25, -0.2) is 0 Å². The summed E-state index contributed by atoms with van der Waals surface area (Å²) in [5.41, 5.74) is 2.40. The van der Waals surface area contributed by atoms with Crippen LogP contribution in [0.1, 0.15) is 44.7 Å². The summed E-state index contributed by atoms with van der Waals surface area (Å²) in [7, 11) is 3.28. The average Bonchev–Trinajstić information content (AvgIpc) is 2.80. The van der Waals surface area contributed by atoms with Crippen molar-refractivity contribution in [3.8, 4) is 17.2 Å². The number of benzene rings is 1. The highest BCUT2D eigenvalue weighted by Crippen LogP contribution is 2.63. The summed E-state index contributed by atoms with van der Waals surface area (Å²) in [6.45, 7) is 7.00.